The van der Waals surface area contributed by atoms with Crippen molar-refractivity contribution >= 4 is 28.8 Å². The van der Waals surface area contributed by atoms with Crippen LogP contribution in [0.15, 0.2) is 42.5 Å². The first kappa shape index (κ1) is 16.9. The fraction of sp³-hybridized carbons (Fsp3) is 0.250. The molecule has 1 atom stereocenters. The molecule has 0 saturated heterocycles. The highest BCUT2D eigenvalue weighted by atomic mass is 16.2. The number of carbonyl (C=O) groups excluding carboxylic acids is 1. The van der Waals surface area contributed by atoms with E-state index in [1.54, 1.807) is 19.1 Å². The number of anilines is 2. The van der Waals surface area contributed by atoms with Crippen molar-refractivity contribution in [3.8, 4) is 0 Å². The molecule has 25 heavy (non-hydrogen) atoms. The normalized spacial score (nSPS) is 16.1. The number of urea groups is 1. The molecule has 0 saturated carbocycles. The predicted molar refractivity (Wildman–Crippen MR) is 102 cm³/mol. The van der Waals surface area contributed by atoms with Crippen molar-refractivity contribution in [2.24, 2.45) is 5.92 Å². The van der Waals surface area contributed by atoms with Crippen molar-refractivity contribution in [1.29, 1.82) is 10.8 Å². The molecule has 2 aromatic rings. The summed E-state index contributed by atoms with van der Waals surface area (Å²) in [7, 11) is 0. The van der Waals surface area contributed by atoms with Gasteiger partial charge in [0, 0.05) is 22.8 Å². The van der Waals surface area contributed by atoms with E-state index in [-0.39, 0.29) is 6.03 Å². The molecule has 0 aliphatic heterocycles. The van der Waals surface area contributed by atoms with Crippen LogP contribution in [0.4, 0.5) is 16.2 Å². The number of aryl methyl sites for hydroxylation is 1. The van der Waals surface area contributed by atoms with Crippen LogP contribution in [-0.4, -0.2) is 17.5 Å². The van der Waals surface area contributed by atoms with Crippen LogP contribution in [0.2, 0.25) is 0 Å². The lowest BCUT2D eigenvalue weighted by Gasteiger charge is -2.23. The molecule has 2 amide bonds. The van der Waals surface area contributed by atoms with Gasteiger partial charge >= 0.3 is 6.03 Å². The van der Waals surface area contributed by atoms with Gasteiger partial charge < -0.3 is 21.5 Å². The summed E-state index contributed by atoms with van der Waals surface area (Å²) >= 11 is 0. The first-order chi connectivity index (χ1) is 11.9. The molecule has 3 rings (SSSR count). The van der Waals surface area contributed by atoms with Gasteiger partial charge in [-0.1, -0.05) is 25.1 Å². The van der Waals surface area contributed by atoms with E-state index in [1.165, 1.54) is 0 Å². The van der Waals surface area contributed by atoms with Crippen LogP contribution in [0.3, 0.4) is 0 Å². The number of fused-ring (bicyclic) bond motifs is 1. The summed E-state index contributed by atoms with van der Waals surface area (Å²) in [5.74, 6) is 0.294. The van der Waals surface area contributed by atoms with Gasteiger partial charge in [-0.3, -0.25) is 0 Å². The van der Waals surface area contributed by atoms with Crippen LogP contribution in [0.25, 0.3) is 0 Å². The van der Waals surface area contributed by atoms with Gasteiger partial charge in [0.15, 0.2) is 0 Å². The molecule has 0 bridgehead atoms. The van der Waals surface area contributed by atoms with Crippen LogP contribution in [0.1, 0.15) is 37.0 Å². The molecule has 0 fully saturated rings. The largest absolute Gasteiger partial charge is 0.323 e. The Hall–Kier alpha value is -2.95. The minimum atomic E-state index is -0.307. The second kappa shape index (κ2) is 6.89. The zero-order valence-corrected chi connectivity index (χ0v) is 14.4. The van der Waals surface area contributed by atoms with Gasteiger partial charge in [-0.25, -0.2) is 4.79 Å². The summed E-state index contributed by atoms with van der Waals surface area (Å²) in [5, 5.41) is 21.4. The van der Waals surface area contributed by atoms with E-state index in [1.807, 2.05) is 30.3 Å². The number of hydrogen-bond acceptors (Lipinski definition) is 3. The van der Waals surface area contributed by atoms with E-state index in [2.05, 4.69) is 17.6 Å². The molecule has 128 valence electrons. The van der Waals surface area contributed by atoms with Crippen molar-refractivity contribution in [2.45, 2.75) is 26.7 Å². The summed E-state index contributed by atoms with van der Waals surface area (Å²) in [5.41, 5.74) is 5.51. The smallest absolute Gasteiger partial charge is 0.308 e. The zero-order valence-electron chi connectivity index (χ0n) is 14.4. The molecule has 1 aliphatic carbocycles. The third kappa shape index (κ3) is 3.76. The fourth-order valence-corrected chi connectivity index (χ4v) is 3.02. The third-order valence-electron chi connectivity index (χ3n) is 4.57. The molecule has 0 heterocycles. The summed E-state index contributed by atoms with van der Waals surface area (Å²) in [4.78, 5) is 12.2. The zero-order chi connectivity index (χ0) is 18.0. The number of amides is 2. The lowest BCUT2D eigenvalue weighted by molar-refractivity contribution is 0.262. The number of rotatable bonds is 3. The Labute approximate surface area is 147 Å². The topological polar surface area (TPSA) is 88.8 Å². The third-order valence-corrected chi connectivity index (χ3v) is 4.57. The van der Waals surface area contributed by atoms with Crippen LogP contribution >= 0.6 is 0 Å². The van der Waals surface area contributed by atoms with Crippen LogP contribution in [0, 0.1) is 16.7 Å². The average molecular weight is 334 g/mol. The molecule has 5 heteroatoms. The Balaban J connectivity index is 1.67. The molecular formula is C20H22N4O. The van der Waals surface area contributed by atoms with Gasteiger partial charge in [-0.15, -0.1) is 0 Å². The summed E-state index contributed by atoms with van der Waals surface area (Å²) in [6.45, 7) is 3.81. The second-order valence-corrected chi connectivity index (χ2v) is 6.51. The van der Waals surface area contributed by atoms with Crippen molar-refractivity contribution in [3.05, 3.63) is 59.2 Å². The minimum absolute atomic E-state index is 0.294. The van der Waals surface area contributed by atoms with Crippen LogP contribution in [0.5, 0.6) is 0 Å². The number of hydrogen-bond donors (Lipinski definition) is 4. The SMILES string of the molecule is CC(=N)c1ccc(NC(=O)Nc2ccc3c(c2)CCC(C)C3=N)cc1. The monoisotopic (exact) mass is 334 g/mol. The first-order valence-corrected chi connectivity index (χ1v) is 8.39. The van der Waals surface area contributed by atoms with Gasteiger partial charge in [0.25, 0.3) is 0 Å². The van der Waals surface area contributed by atoms with E-state index in [4.69, 9.17) is 10.8 Å². The molecule has 0 spiro atoms. The van der Waals surface area contributed by atoms with Gasteiger partial charge in [-0.05, 0) is 66.6 Å². The van der Waals surface area contributed by atoms with Crippen molar-refractivity contribution in [3.63, 3.8) is 0 Å². The Morgan fingerprint density at radius 3 is 2.40 bits per heavy atom. The lowest BCUT2D eigenvalue weighted by atomic mass is 9.83. The van der Waals surface area contributed by atoms with E-state index < -0.39 is 0 Å². The highest BCUT2D eigenvalue weighted by Crippen LogP contribution is 2.27. The highest BCUT2D eigenvalue weighted by Gasteiger charge is 2.20. The second-order valence-electron chi connectivity index (χ2n) is 6.51. The van der Waals surface area contributed by atoms with Crippen LogP contribution in [-0.2, 0) is 6.42 Å². The Bertz CT molecular complexity index is 839. The maximum atomic E-state index is 12.2. The average Bonchev–Trinajstić information content (AvgIpc) is 2.58. The maximum Gasteiger partial charge on any atom is 0.323 e. The quantitative estimate of drug-likeness (QED) is 0.604. The summed E-state index contributed by atoms with van der Waals surface area (Å²) < 4.78 is 0. The van der Waals surface area contributed by atoms with E-state index >= 15 is 0 Å². The molecule has 2 aromatic carbocycles. The minimum Gasteiger partial charge on any atom is -0.308 e. The number of nitrogens with one attached hydrogen (secondary N) is 4. The van der Waals surface area contributed by atoms with Crippen molar-refractivity contribution in [1.82, 2.24) is 0 Å². The van der Waals surface area contributed by atoms with Crippen LogP contribution < -0.4 is 10.6 Å². The molecule has 1 aliphatic rings. The van der Waals surface area contributed by atoms with Gasteiger partial charge in [-0.2, -0.15) is 0 Å². The molecule has 0 radical (unpaired) electrons. The van der Waals surface area contributed by atoms with Crippen molar-refractivity contribution < 1.29 is 4.79 Å². The molecule has 5 nitrogen and oxygen atoms in total. The summed E-state index contributed by atoms with van der Waals surface area (Å²) in [6, 6.07) is 12.6. The van der Waals surface area contributed by atoms with Gasteiger partial charge in [0.1, 0.15) is 0 Å². The Morgan fingerprint density at radius 1 is 1.08 bits per heavy atom. The van der Waals surface area contributed by atoms with E-state index in [9.17, 15) is 4.79 Å². The first-order valence-electron chi connectivity index (χ1n) is 8.39. The Kier molecular flexibility index (Phi) is 4.65. The lowest BCUT2D eigenvalue weighted by Crippen LogP contribution is -2.22. The molecule has 1 unspecified atom stereocenters. The van der Waals surface area contributed by atoms with Gasteiger partial charge in [0.2, 0.25) is 0 Å². The molecule has 4 N–H and O–H groups in total. The van der Waals surface area contributed by atoms with E-state index in [0.29, 0.717) is 23.0 Å². The van der Waals surface area contributed by atoms with E-state index in [0.717, 1.165) is 35.2 Å². The maximum absolute atomic E-state index is 12.2. The summed E-state index contributed by atoms with van der Waals surface area (Å²) in [6.07, 6.45) is 1.90. The molecule has 0 aromatic heterocycles. The highest BCUT2D eigenvalue weighted by molar-refractivity contribution is 6.04. The number of carbonyl (C=O) groups is 1. The Morgan fingerprint density at radius 2 is 1.72 bits per heavy atom. The molecular weight excluding hydrogens is 312 g/mol. The number of benzene rings is 2. The van der Waals surface area contributed by atoms with Gasteiger partial charge in [0.05, 0.1) is 0 Å². The fourth-order valence-electron chi connectivity index (χ4n) is 3.02. The standard InChI is InChI=1S/C20H22N4O/c1-12-3-4-15-11-17(9-10-18(15)19(12)22)24-20(25)23-16-7-5-14(6-8-16)13(2)21/h5-12,21-22H,3-4H2,1-2H3,(H2,23,24,25). The predicted octanol–water partition coefficient (Wildman–Crippen LogP) is 4.67. The van der Waals surface area contributed by atoms with Crippen molar-refractivity contribution in [2.75, 3.05) is 10.6 Å².